The zero-order chi connectivity index (χ0) is 12.4. The predicted octanol–water partition coefficient (Wildman–Crippen LogP) is 1.89. The van der Waals surface area contributed by atoms with Crippen LogP contribution in [0.15, 0.2) is 18.2 Å². The fourth-order valence-electron chi connectivity index (χ4n) is 2.09. The molecule has 1 aliphatic carbocycles. The molecule has 4 nitrogen and oxygen atoms in total. The molecule has 2 rings (SSSR count). The lowest BCUT2D eigenvalue weighted by molar-refractivity contribution is 0.0906. The molecule has 0 bridgehead atoms. The minimum Gasteiger partial charge on any atom is -0.505 e. The van der Waals surface area contributed by atoms with Crippen molar-refractivity contribution in [1.29, 1.82) is 0 Å². The Morgan fingerprint density at radius 2 is 2.24 bits per heavy atom. The Labute approximate surface area is 101 Å². The molecule has 1 atom stereocenters. The van der Waals surface area contributed by atoms with Gasteiger partial charge in [0.2, 0.25) is 0 Å². The number of nitrogen functional groups attached to an aromatic ring is 1. The van der Waals surface area contributed by atoms with Crippen LogP contribution >= 0.6 is 0 Å². The maximum absolute atomic E-state index is 11.9. The number of hydrogen-bond donors (Lipinski definition) is 3. The van der Waals surface area contributed by atoms with Gasteiger partial charge in [-0.05, 0) is 37.8 Å². The minimum atomic E-state index is -0.255. The molecule has 1 amide bonds. The Morgan fingerprint density at radius 1 is 1.53 bits per heavy atom. The lowest BCUT2D eigenvalue weighted by atomic mass is 9.80. The molecule has 0 aliphatic heterocycles. The van der Waals surface area contributed by atoms with Gasteiger partial charge < -0.3 is 16.2 Å². The summed E-state index contributed by atoms with van der Waals surface area (Å²) >= 11 is 0. The largest absolute Gasteiger partial charge is 0.505 e. The van der Waals surface area contributed by atoms with Crippen molar-refractivity contribution in [3.63, 3.8) is 0 Å². The number of carbonyl (C=O) groups excluding carboxylic acids is 1. The lowest BCUT2D eigenvalue weighted by Gasteiger charge is -2.31. The summed E-state index contributed by atoms with van der Waals surface area (Å²) in [5.41, 5.74) is 6.03. The summed E-state index contributed by atoms with van der Waals surface area (Å²) < 4.78 is 0. The first-order valence-electron chi connectivity index (χ1n) is 5.98. The van der Waals surface area contributed by atoms with Crippen LogP contribution < -0.4 is 11.1 Å². The highest BCUT2D eigenvalue weighted by Gasteiger charge is 2.26. The van der Waals surface area contributed by atoms with E-state index < -0.39 is 0 Å². The Balaban J connectivity index is 2.06. The van der Waals surface area contributed by atoms with E-state index in [1.807, 2.05) is 6.92 Å². The quantitative estimate of drug-likeness (QED) is 0.552. The van der Waals surface area contributed by atoms with Crippen LogP contribution in [0.25, 0.3) is 0 Å². The van der Waals surface area contributed by atoms with Crippen LogP contribution in [0.1, 0.15) is 36.5 Å². The summed E-state index contributed by atoms with van der Waals surface area (Å²) in [5.74, 6) is 0.183. The van der Waals surface area contributed by atoms with E-state index in [-0.39, 0.29) is 28.9 Å². The third kappa shape index (κ3) is 2.35. The first-order valence-corrected chi connectivity index (χ1v) is 5.98. The van der Waals surface area contributed by atoms with Gasteiger partial charge in [0, 0.05) is 6.04 Å². The number of phenolic OH excluding ortho intramolecular Hbond substituents is 1. The summed E-state index contributed by atoms with van der Waals surface area (Å²) in [6, 6.07) is 4.96. The number of aromatic hydroxyl groups is 1. The van der Waals surface area contributed by atoms with Crippen LogP contribution in [-0.2, 0) is 0 Å². The second kappa shape index (κ2) is 4.65. The molecule has 0 heterocycles. The Kier molecular flexibility index (Phi) is 3.22. The van der Waals surface area contributed by atoms with E-state index in [2.05, 4.69) is 5.32 Å². The summed E-state index contributed by atoms with van der Waals surface area (Å²) in [5, 5.41) is 12.6. The van der Waals surface area contributed by atoms with E-state index in [1.54, 1.807) is 18.2 Å². The summed E-state index contributed by atoms with van der Waals surface area (Å²) in [4.78, 5) is 11.9. The van der Waals surface area contributed by atoms with E-state index >= 15 is 0 Å². The molecule has 4 N–H and O–H groups in total. The van der Waals surface area contributed by atoms with Crippen molar-refractivity contribution >= 4 is 11.6 Å². The molecule has 1 aromatic carbocycles. The number of anilines is 1. The number of rotatable bonds is 3. The van der Waals surface area contributed by atoms with Crippen molar-refractivity contribution in [3.05, 3.63) is 23.8 Å². The molecule has 0 aromatic heterocycles. The standard InChI is InChI=1S/C13H18N2O2/c1-8(9-4-2-5-9)15-13(17)10-6-3-7-11(14)12(10)16/h3,6-9,16H,2,4-5,14H2,1H3,(H,15,17). The monoisotopic (exact) mass is 234 g/mol. The van der Waals surface area contributed by atoms with Gasteiger partial charge in [-0.2, -0.15) is 0 Å². The normalized spacial score (nSPS) is 17.2. The van der Waals surface area contributed by atoms with Crippen LogP contribution in [-0.4, -0.2) is 17.1 Å². The van der Waals surface area contributed by atoms with Gasteiger partial charge in [-0.3, -0.25) is 4.79 Å². The highest BCUT2D eigenvalue weighted by Crippen LogP contribution is 2.30. The minimum absolute atomic E-state index is 0.134. The number of nitrogens with one attached hydrogen (secondary N) is 1. The molecule has 1 unspecified atom stereocenters. The summed E-state index contributed by atoms with van der Waals surface area (Å²) in [6.45, 7) is 2.01. The lowest BCUT2D eigenvalue weighted by Crippen LogP contribution is -2.40. The third-order valence-corrected chi connectivity index (χ3v) is 3.53. The molecular weight excluding hydrogens is 216 g/mol. The van der Waals surface area contributed by atoms with E-state index in [0.717, 1.165) is 0 Å². The highest BCUT2D eigenvalue weighted by atomic mass is 16.3. The van der Waals surface area contributed by atoms with Crippen molar-refractivity contribution in [2.75, 3.05) is 5.73 Å². The highest BCUT2D eigenvalue weighted by molar-refractivity contribution is 5.98. The van der Waals surface area contributed by atoms with Crippen LogP contribution in [0.2, 0.25) is 0 Å². The third-order valence-electron chi connectivity index (χ3n) is 3.53. The number of carbonyl (C=O) groups is 1. The molecule has 1 aromatic rings. The van der Waals surface area contributed by atoms with Crippen LogP contribution in [0.5, 0.6) is 5.75 Å². The van der Waals surface area contributed by atoms with Gasteiger partial charge in [0.05, 0.1) is 11.3 Å². The number of phenols is 1. The topological polar surface area (TPSA) is 75.4 Å². The van der Waals surface area contributed by atoms with E-state index in [1.165, 1.54) is 19.3 Å². The van der Waals surface area contributed by atoms with Crippen LogP contribution in [0, 0.1) is 5.92 Å². The van der Waals surface area contributed by atoms with Crippen molar-refractivity contribution in [2.24, 2.45) is 5.92 Å². The van der Waals surface area contributed by atoms with Crippen LogP contribution in [0.3, 0.4) is 0 Å². The molecule has 0 spiro atoms. The smallest absolute Gasteiger partial charge is 0.255 e. The molecule has 1 saturated carbocycles. The van der Waals surface area contributed by atoms with E-state index in [4.69, 9.17) is 5.73 Å². The Morgan fingerprint density at radius 3 is 2.82 bits per heavy atom. The maximum atomic E-state index is 11.9. The molecule has 17 heavy (non-hydrogen) atoms. The molecule has 0 radical (unpaired) electrons. The Bertz CT molecular complexity index is 427. The van der Waals surface area contributed by atoms with Gasteiger partial charge in [0.15, 0.2) is 5.75 Å². The van der Waals surface area contributed by atoms with Gasteiger partial charge in [0.25, 0.3) is 5.91 Å². The zero-order valence-electron chi connectivity index (χ0n) is 9.94. The molecule has 92 valence electrons. The number of nitrogens with two attached hydrogens (primary N) is 1. The second-order valence-electron chi connectivity index (χ2n) is 4.70. The number of para-hydroxylation sites is 1. The summed E-state index contributed by atoms with van der Waals surface area (Å²) in [7, 11) is 0. The van der Waals surface area contributed by atoms with Crippen molar-refractivity contribution in [3.8, 4) is 5.75 Å². The molecule has 4 heteroatoms. The molecular formula is C13H18N2O2. The van der Waals surface area contributed by atoms with E-state index in [0.29, 0.717) is 5.92 Å². The van der Waals surface area contributed by atoms with E-state index in [9.17, 15) is 9.90 Å². The van der Waals surface area contributed by atoms with Gasteiger partial charge in [-0.15, -0.1) is 0 Å². The fraction of sp³-hybridized carbons (Fsp3) is 0.462. The van der Waals surface area contributed by atoms with Gasteiger partial charge in [-0.1, -0.05) is 12.5 Å². The van der Waals surface area contributed by atoms with Gasteiger partial charge >= 0.3 is 0 Å². The first kappa shape index (κ1) is 11.8. The van der Waals surface area contributed by atoms with Crippen molar-refractivity contribution in [2.45, 2.75) is 32.2 Å². The maximum Gasteiger partial charge on any atom is 0.255 e. The molecule has 1 fully saturated rings. The predicted molar refractivity (Wildman–Crippen MR) is 66.8 cm³/mol. The molecule has 1 aliphatic rings. The number of benzene rings is 1. The average molecular weight is 234 g/mol. The van der Waals surface area contributed by atoms with Gasteiger partial charge in [-0.25, -0.2) is 0 Å². The van der Waals surface area contributed by atoms with Crippen molar-refractivity contribution in [1.82, 2.24) is 5.32 Å². The average Bonchev–Trinajstić information content (AvgIpc) is 2.19. The number of amides is 1. The fourth-order valence-corrected chi connectivity index (χ4v) is 2.09. The van der Waals surface area contributed by atoms with Crippen LogP contribution in [0.4, 0.5) is 5.69 Å². The summed E-state index contributed by atoms with van der Waals surface area (Å²) in [6.07, 6.45) is 3.59. The first-order chi connectivity index (χ1) is 8.09. The zero-order valence-corrected chi connectivity index (χ0v) is 9.94. The van der Waals surface area contributed by atoms with Gasteiger partial charge in [0.1, 0.15) is 0 Å². The molecule has 0 saturated heterocycles. The SMILES string of the molecule is CC(NC(=O)c1cccc(N)c1O)C1CCC1. The van der Waals surface area contributed by atoms with Crippen molar-refractivity contribution < 1.29 is 9.90 Å². The second-order valence-corrected chi connectivity index (χ2v) is 4.70. The Hall–Kier alpha value is -1.71. The number of hydrogen-bond acceptors (Lipinski definition) is 3.